The highest BCUT2D eigenvalue weighted by Gasteiger charge is 2.06. The predicted octanol–water partition coefficient (Wildman–Crippen LogP) is 3.85. The molecule has 1 amide bonds. The van der Waals surface area contributed by atoms with Gasteiger partial charge in [-0.25, -0.2) is 5.43 Å². The van der Waals surface area contributed by atoms with Crippen molar-refractivity contribution in [3.8, 4) is 11.5 Å². The molecule has 0 saturated carbocycles. The molecule has 6 heteroatoms. The Morgan fingerprint density at radius 3 is 2.50 bits per heavy atom. The van der Waals surface area contributed by atoms with Crippen molar-refractivity contribution in [2.24, 2.45) is 5.10 Å². The Labute approximate surface area is 155 Å². The zero-order valence-electron chi connectivity index (χ0n) is 13.6. The van der Waals surface area contributed by atoms with Crippen LogP contribution in [0.4, 0.5) is 0 Å². The molecule has 0 radical (unpaired) electrons. The first-order chi connectivity index (χ1) is 11.6. The molecule has 0 bridgehead atoms. The molecule has 2 aromatic rings. The van der Waals surface area contributed by atoms with E-state index in [9.17, 15) is 4.79 Å². The molecule has 2 aromatic carbocycles. The Balaban J connectivity index is 2.07. The fourth-order valence-corrected chi connectivity index (χ4v) is 2.34. The van der Waals surface area contributed by atoms with Gasteiger partial charge in [0.2, 0.25) is 0 Å². The van der Waals surface area contributed by atoms with E-state index in [4.69, 9.17) is 9.47 Å². The summed E-state index contributed by atoms with van der Waals surface area (Å²) in [6.45, 7) is 4.96. The normalized spacial score (nSPS) is 10.6. The third-order valence-corrected chi connectivity index (χ3v) is 3.79. The summed E-state index contributed by atoms with van der Waals surface area (Å²) in [5.74, 6) is 1.14. The lowest BCUT2D eigenvalue weighted by Gasteiger charge is -2.10. The molecule has 0 saturated heterocycles. The highest BCUT2D eigenvalue weighted by Crippen LogP contribution is 2.23. The number of nitrogens with one attached hydrogen (secondary N) is 1. The van der Waals surface area contributed by atoms with Crippen LogP contribution < -0.4 is 14.9 Å². The maximum absolute atomic E-state index is 12.0. The van der Waals surface area contributed by atoms with E-state index in [1.54, 1.807) is 18.3 Å². The first-order valence-electron chi connectivity index (χ1n) is 7.62. The zero-order valence-corrected chi connectivity index (χ0v) is 15.7. The van der Waals surface area contributed by atoms with Crippen molar-refractivity contribution in [1.82, 2.24) is 5.43 Å². The summed E-state index contributed by atoms with van der Waals surface area (Å²) in [5, 5.41) is 4.01. The molecule has 1 N–H and O–H groups in total. The molecule has 0 spiro atoms. The first-order valence-corrected chi connectivity index (χ1v) is 8.70. The van der Waals surface area contributed by atoms with E-state index in [1.165, 1.54) is 0 Å². The van der Waals surface area contributed by atoms with Crippen molar-refractivity contribution in [3.05, 3.63) is 57.2 Å². The van der Waals surface area contributed by atoms with Gasteiger partial charge in [-0.1, -0.05) is 0 Å². The maximum atomic E-state index is 12.0. The molecular formula is C18H19IN2O3. The SMILES string of the molecule is CCOc1ccc(/C=N\NC(=O)c2ccc(I)cc2)c(OCC)c1. The van der Waals surface area contributed by atoms with Gasteiger partial charge in [0.15, 0.2) is 0 Å². The van der Waals surface area contributed by atoms with Crippen LogP contribution in [0, 0.1) is 3.57 Å². The average molecular weight is 438 g/mol. The molecule has 126 valence electrons. The fourth-order valence-electron chi connectivity index (χ4n) is 1.98. The summed E-state index contributed by atoms with van der Waals surface area (Å²) in [6, 6.07) is 12.8. The average Bonchev–Trinajstić information content (AvgIpc) is 2.58. The Morgan fingerprint density at radius 1 is 1.12 bits per heavy atom. The van der Waals surface area contributed by atoms with Gasteiger partial charge in [0.1, 0.15) is 11.5 Å². The van der Waals surface area contributed by atoms with Crippen LogP contribution in [0.15, 0.2) is 47.6 Å². The maximum Gasteiger partial charge on any atom is 0.271 e. The van der Waals surface area contributed by atoms with Crippen LogP contribution in [0.3, 0.4) is 0 Å². The topological polar surface area (TPSA) is 59.9 Å². The quantitative estimate of drug-likeness (QED) is 0.406. The minimum Gasteiger partial charge on any atom is -0.494 e. The van der Waals surface area contributed by atoms with E-state index in [-0.39, 0.29) is 5.91 Å². The number of carbonyl (C=O) groups excluding carboxylic acids is 1. The lowest BCUT2D eigenvalue weighted by Crippen LogP contribution is -2.17. The summed E-state index contributed by atoms with van der Waals surface area (Å²) < 4.78 is 12.1. The second kappa shape index (κ2) is 9.27. The fraction of sp³-hybridized carbons (Fsp3) is 0.222. The third kappa shape index (κ3) is 5.23. The number of halogens is 1. The van der Waals surface area contributed by atoms with E-state index in [0.717, 1.165) is 14.9 Å². The molecule has 5 nitrogen and oxygen atoms in total. The summed E-state index contributed by atoms with van der Waals surface area (Å²) in [6.07, 6.45) is 1.56. The van der Waals surface area contributed by atoms with Crippen molar-refractivity contribution in [2.45, 2.75) is 13.8 Å². The summed E-state index contributed by atoms with van der Waals surface area (Å²) in [7, 11) is 0. The van der Waals surface area contributed by atoms with Crippen LogP contribution in [0.25, 0.3) is 0 Å². The van der Waals surface area contributed by atoms with Gasteiger partial charge in [-0.15, -0.1) is 0 Å². The van der Waals surface area contributed by atoms with E-state index >= 15 is 0 Å². The van der Waals surface area contributed by atoms with E-state index < -0.39 is 0 Å². The number of amides is 1. The summed E-state index contributed by atoms with van der Waals surface area (Å²) in [4.78, 5) is 12.0. The molecule has 0 aliphatic rings. The van der Waals surface area contributed by atoms with Gasteiger partial charge >= 0.3 is 0 Å². The molecule has 0 aliphatic carbocycles. The summed E-state index contributed by atoms with van der Waals surface area (Å²) in [5.41, 5.74) is 3.84. The summed E-state index contributed by atoms with van der Waals surface area (Å²) >= 11 is 2.19. The molecule has 0 fully saturated rings. The number of nitrogens with zero attached hydrogens (tertiary/aromatic N) is 1. The van der Waals surface area contributed by atoms with Crippen molar-refractivity contribution < 1.29 is 14.3 Å². The van der Waals surface area contributed by atoms with E-state index in [0.29, 0.717) is 24.5 Å². The number of ether oxygens (including phenoxy) is 2. The highest BCUT2D eigenvalue weighted by molar-refractivity contribution is 14.1. The molecule has 0 atom stereocenters. The minimum atomic E-state index is -0.258. The van der Waals surface area contributed by atoms with Crippen LogP contribution in [0.2, 0.25) is 0 Å². The van der Waals surface area contributed by atoms with Crippen molar-refractivity contribution >= 4 is 34.7 Å². The van der Waals surface area contributed by atoms with Crippen LogP contribution >= 0.6 is 22.6 Å². The molecule has 0 aromatic heterocycles. The van der Waals surface area contributed by atoms with E-state index in [1.807, 2.05) is 44.2 Å². The number of rotatable bonds is 7. The van der Waals surface area contributed by atoms with Crippen LogP contribution in [-0.2, 0) is 0 Å². The molecule has 24 heavy (non-hydrogen) atoms. The smallest absolute Gasteiger partial charge is 0.271 e. The van der Waals surface area contributed by atoms with Gasteiger partial charge in [-0.05, 0) is 72.8 Å². The second-order valence-corrected chi connectivity index (χ2v) is 6.02. The van der Waals surface area contributed by atoms with Gasteiger partial charge < -0.3 is 9.47 Å². The van der Waals surface area contributed by atoms with Gasteiger partial charge in [0.25, 0.3) is 5.91 Å². The Kier molecular flexibility index (Phi) is 7.05. The van der Waals surface area contributed by atoms with Crippen LogP contribution in [0.5, 0.6) is 11.5 Å². The Morgan fingerprint density at radius 2 is 1.83 bits per heavy atom. The van der Waals surface area contributed by atoms with Gasteiger partial charge in [0.05, 0.1) is 19.4 Å². The highest BCUT2D eigenvalue weighted by atomic mass is 127. The standard InChI is InChI=1S/C18H19IN2O3/c1-3-23-16-10-7-14(17(11-16)24-4-2)12-20-21-18(22)13-5-8-15(19)9-6-13/h5-12H,3-4H2,1-2H3,(H,21,22)/b20-12-. The zero-order chi connectivity index (χ0) is 17.4. The molecule has 0 unspecified atom stereocenters. The number of carbonyl (C=O) groups is 1. The lowest BCUT2D eigenvalue weighted by atomic mass is 10.2. The molecule has 0 aliphatic heterocycles. The first kappa shape index (κ1) is 18.3. The second-order valence-electron chi connectivity index (χ2n) is 4.77. The van der Waals surface area contributed by atoms with Gasteiger partial charge in [0, 0.05) is 20.8 Å². The monoisotopic (exact) mass is 438 g/mol. The minimum absolute atomic E-state index is 0.258. The number of hydrazone groups is 1. The molecular weight excluding hydrogens is 419 g/mol. The van der Waals surface area contributed by atoms with Crippen LogP contribution in [0.1, 0.15) is 29.8 Å². The third-order valence-electron chi connectivity index (χ3n) is 3.07. The largest absolute Gasteiger partial charge is 0.494 e. The Bertz CT molecular complexity index is 715. The van der Waals surface area contributed by atoms with Gasteiger partial charge in [-0.3, -0.25) is 4.79 Å². The molecule has 2 rings (SSSR count). The Hall–Kier alpha value is -2.09. The van der Waals surface area contributed by atoms with E-state index in [2.05, 4.69) is 33.1 Å². The molecule has 0 heterocycles. The number of hydrogen-bond acceptors (Lipinski definition) is 4. The number of hydrogen-bond donors (Lipinski definition) is 1. The van der Waals surface area contributed by atoms with Crippen LogP contribution in [-0.4, -0.2) is 25.3 Å². The predicted molar refractivity (Wildman–Crippen MR) is 103 cm³/mol. The lowest BCUT2D eigenvalue weighted by molar-refractivity contribution is 0.0955. The van der Waals surface area contributed by atoms with Crippen molar-refractivity contribution in [1.29, 1.82) is 0 Å². The number of benzene rings is 2. The van der Waals surface area contributed by atoms with Crippen molar-refractivity contribution in [2.75, 3.05) is 13.2 Å². The van der Waals surface area contributed by atoms with Crippen molar-refractivity contribution in [3.63, 3.8) is 0 Å². The van der Waals surface area contributed by atoms with Gasteiger partial charge in [-0.2, -0.15) is 5.10 Å².